The SMILES string of the molecule is CC1(c2ccc(Nn3cc(C(N)=O)cn3)cc2)COC1. The second kappa shape index (κ2) is 4.64. The molecule has 0 bridgehead atoms. The van der Waals surface area contributed by atoms with Crippen LogP contribution in [0.1, 0.15) is 22.8 Å². The number of hydrogen-bond acceptors (Lipinski definition) is 4. The smallest absolute Gasteiger partial charge is 0.251 e. The van der Waals surface area contributed by atoms with Crippen molar-refractivity contribution in [3.8, 4) is 0 Å². The fourth-order valence-corrected chi connectivity index (χ4v) is 2.17. The number of ether oxygens (including phenoxy) is 1. The second-order valence-corrected chi connectivity index (χ2v) is 5.28. The van der Waals surface area contributed by atoms with E-state index in [4.69, 9.17) is 10.5 Å². The molecule has 0 saturated carbocycles. The summed E-state index contributed by atoms with van der Waals surface area (Å²) in [5.41, 5.74) is 10.9. The zero-order valence-corrected chi connectivity index (χ0v) is 11.2. The minimum atomic E-state index is -0.494. The van der Waals surface area contributed by atoms with Gasteiger partial charge >= 0.3 is 0 Å². The highest BCUT2D eigenvalue weighted by Gasteiger charge is 2.34. The highest BCUT2D eigenvalue weighted by Crippen LogP contribution is 2.32. The van der Waals surface area contributed by atoms with Crippen LogP contribution in [-0.4, -0.2) is 29.0 Å². The topological polar surface area (TPSA) is 82.2 Å². The Morgan fingerprint density at radius 3 is 2.60 bits per heavy atom. The summed E-state index contributed by atoms with van der Waals surface area (Å²) in [5, 5.41) is 4.02. The number of aromatic nitrogens is 2. The summed E-state index contributed by atoms with van der Waals surface area (Å²) < 4.78 is 5.27. The van der Waals surface area contributed by atoms with Crippen LogP contribution in [0.2, 0.25) is 0 Å². The number of nitrogens with one attached hydrogen (secondary N) is 1. The maximum absolute atomic E-state index is 11.0. The van der Waals surface area contributed by atoms with E-state index in [0.29, 0.717) is 5.56 Å². The second-order valence-electron chi connectivity index (χ2n) is 5.28. The molecule has 1 aromatic carbocycles. The number of carbonyl (C=O) groups excluding carboxylic acids is 1. The Morgan fingerprint density at radius 2 is 2.10 bits per heavy atom. The lowest BCUT2D eigenvalue weighted by atomic mass is 9.81. The summed E-state index contributed by atoms with van der Waals surface area (Å²) in [5.74, 6) is -0.494. The van der Waals surface area contributed by atoms with E-state index in [1.807, 2.05) is 12.1 Å². The Kier molecular flexibility index (Phi) is 2.94. The summed E-state index contributed by atoms with van der Waals surface area (Å²) in [7, 11) is 0. The molecule has 6 heteroatoms. The summed E-state index contributed by atoms with van der Waals surface area (Å²) in [6, 6.07) is 8.10. The van der Waals surface area contributed by atoms with Crippen LogP contribution in [0.4, 0.5) is 5.69 Å². The van der Waals surface area contributed by atoms with Gasteiger partial charge in [-0.25, -0.2) is 0 Å². The highest BCUT2D eigenvalue weighted by atomic mass is 16.5. The molecule has 1 aromatic heterocycles. The van der Waals surface area contributed by atoms with Gasteiger partial charge in [-0.05, 0) is 17.7 Å². The molecule has 3 rings (SSSR count). The number of benzene rings is 1. The number of primary amides is 1. The van der Waals surface area contributed by atoms with Gasteiger partial charge < -0.3 is 10.5 Å². The van der Waals surface area contributed by atoms with E-state index in [1.165, 1.54) is 16.6 Å². The van der Waals surface area contributed by atoms with Crippen molar-refractivity contribution in [3.63, 3.8) is 0 Å². The summed E-state index contributed by atoms with van der Waals surface area (Å²) in [6.07, 6.45) is 2.98. The van der Waals surface area contributed by atoms with Crippen LogP contribution >= 0.6 is 0 Å². The number of anilines is 1. The first-order chi connectivity index (χ1) is 9.57. The Morgan fingerprint density at radius 1 is 1.40 bits per heavy atom. The number of carbonyl (C=O) groups is 1. The predicted octanol–water partition coefficient (Wildman–Crippen LogP) is 1.15. The van der Waals surface area contributed by atoms with Gasteiger partial charge in [0.1, 0.15) is 0 Å². The van der Waals surface area contributed by atoms with Crippen LogP contribution < -0.4 is 11.2 Å². The van der Waals surface area contributed by atoms with Crippen LogP contribution in [0.15, 0.2) is 36.7 Å². The van der Waals surface area contributed by atoms with Gasteiger partial charge in [0.25, 0.3) is 5.91 Å². The fraction of sp³-hybridized carbons (Fsp3) is 0.286. The molecule has 1 fully saturated rings. The lowest BCUT2D eigenvalue weighted by molar-refractivity contribution is -0.0499. The van der Waals surface area contributed by atoms with Crippen LogP contribution in [0.25, 0.3) is 0 Å². The normalized spacial score (nSPS) is 16.4. The molecule has 1 aliphatic rings. The molecule has 0 radical (unpaired) electrons. The van der Waals surface area contributed by atoms with E-state index in [2.05, 4.69) is 29.6 Å². The minimum Gasteiger partial charge on any atom is -0.379 e. The molecule has 3 N–H and O–H groups in total. The monoisotopic (exact) mass is 272 g/mol. The molecule has 2 heterocycles. The summed E-state index contributed by atoms with van der Waals surface area (Å²) >= 11 is 0. The van der Waals surface area contributed by atoms with Gasteiger partial charge in [0.05, 0.1) is 36.9 Å². The minimum absolute atomic E-state index is 0.128. The molecule has 20 heavy (non-hydrogen) atoms. The number of amides is 1. The average molecular weight is 272 g/mol. The molecular formula is C14H16N4O2. The van der Waals surface area contributed by atoms with Crippen molar-refractivity contribution < 1.29 is 9.53 Å². The average Bonchev–Trinajstić information content (AvgIpc) is 2.86. The van der Waals surface area contributed by atoms with E-state index in [9.17, 15) is 4.79 Å². The van der Waals surface area contributed by atoms with E-state index in [-0.39, 0.29) is 5.41 Å². The number of rotatable bonds is 4. The van der Waals surface area contributed by atoms with E-state index >= 15 is 0 Å². The van der Waals surface area contributed by atoms with Crippen molar-refractivity contribution in [2.24, 2.45) is 5.73 Å². The van der Waals surface area contributed by atoms with Crippen LogP contribution in [-0.2, 0) is 10.2 Å². The van der Waals surface area contributed by atoms with Crippen molar-refractivity contribution in [1.82, 2.24) is 9.89 Å². The molecular weight excluding hydrogens is 256 g/mol. The molecule has 0 aliphatic carbocycles. The largest absolute Gasteiger partial charge is 0.379 e. The Labute approximate surface area is 116 Å². The third-order valence-corrected chi connectivity index (χ3v) is 3.53. The molecule has 0 unspecified atom stereocenters. The van der Waals surface area contributed by atoms with E-state index in [1.54, 1.807) is 6.20 Å². The van der Waals surface area contributed by atoms with Crippen molar-refractivity contribution in [2.45, 2.75) is 12.3 Å². The summed E-state index contributed by atoms with van der Waals surface area (Å²) in [6.45, 7) is 3.72. The van der Waals surface area contributed by atoms with E-state index < -0.39 is 5.91 Å². The van der Waals surface area contributed by atoms with Crippen molar-refractivity contribution in [2.75, 3.05) is 18.6 Å². The maximum Gasteiger partial charge on any atom is 0.251 e. The maximum atomic E-state index is 11.0. The first kappa shape index (κ1) is 12.7. The van der Waals surface area contributed by atoms with Crippen LogP contribution in [0.5, 0.6) is 0 Å². The lowest BCUT2D eigenvalue weighted by Gasteiger charge is -2.38. The van der Waals surface area contributed by atoms with Gasteiger partial charge in [-0.1, -0.05) is 19.1 Å². The van der Waals surface area contributed by atoms with Gasteiger partial charge in [-0.2, -0.15) is 9.89 Å². The summed E-state index contributed by atoms with van der Waals surface area (Å²) in [4.78, 5) is 12.5. The van der Waals surface area contributed by atoms with Gasteiger partial charge in [-0.3, -0.25) is 10.2 Å². The number of nitrogens with two attached hydrogens (primary N) is 1. The first-order valence-corrected chi connectivity index (χ1v) is 6.37. The molecule has 1 aliphatic heterocycles. The van der Waals surface area contributed by atoms with Crippen molar-refractivity contribution in [1.29, 1.82) is 0 Å². The zero-order valence-electron chi connectivity index (χ0n) is 11.2. The molecule has 1 saturated heterocycles. The lowest BCUT2D eigenvalue weighted by Crippen LogP contribution is -2.43. The van der Waals surface area contributed by atoms with Crippen LogP contribution in [0, 0.1) is 0 Å². The molecule has 2 aromatic rings. The Balaban J connectivity index is 1.72. The van der Waals surface area contributed by atoms with Gasteiger partial charge in [-0.15, -0.1) is 0 Å². The highest BCUT2D eigenvalue weighted by molar-refractivity contribution is 5.92. The standard InChI is InChI=1S/C14H16N4O2/c1-14(8-20-9-14)11-2-4-12(5-3-11)17-18-7-10(6-16-18)13(15)19/h2-7,17H,8-9H2,1H3,(H2,15,19). The van der Waals surface area contributed by atoms with Gasteiger partial charge in [0, 0.05) is 5.41 Å². The Hall–Kier alpha value is -2.34. The van der Waals surface area contributed by atoms with E-state index in [0.717, 1.165) is 18.9 Å². The molecule has 0 spiro atoms. The van der Waals surface area contributed by atoms with Crippen LogP contribution in [0.3, 0.4) is 0 Å². The fourth-order valence-electron chi connectivity index (χ4n) is 2.17. The molecule has 0 atom stereocenters. The molecule has 6 nitrogen and oxygen atoms in total. The Bertz CT molecular complexity index is 629. The molecule has 104 valence electrons. The number of nitrogens with zero attached hydrogens (tertiary/aromatic N) is 2. The quantitative estimate of drug-likeness (QED) is 0.874. The third-order valence-electron chi connectivity index (χ3n) is 3.53. The first-order valence-electron chi connectivity index (χ1n) is 6.37. The van der Waals surface area contributed by atoms with Gasteiger partial charge in [0.15, 0.2) is 0 Å². The van der Waals surface area contributed by atoms with Crippen molar-refractivity contribution in [3.05, 3.63) is 47.8 Å². The van der Waals surface area contributed by atoms with Crippen molar-refractivity contribution >= 4 is 11.6 Å². The predicted molar refractivity (Wildman–Crippen MR) is 74.4 cm³/mol. The van der Waals surface area contributed by atoms with Gasteiger partial charge in [0.2, 0.25) is 0 Å². The third kappa shape index (κ3) is 2.25. The molecule has 1 amide bonds. The zero-order chi connectivity index (χ0) is 14.2. The number of hydrogen-bond donors (Lipinski definition) is 2.